The first kappa shape index (κ1) is 16.4. The van der Waals surface area contributed by atoms with E-state index in [9.17, 15) is 0 Å². The van der Waals surface area contributed by atoms with Crippen molar-refractivity contribution in [3.8, 4) is 17.4 Å². The minimum Gasteiger partial charge on any atom is -0.493 e. The van der Waals surface area contributed by atoms with Crippen LogP contribution < -0.4 is 9.47 Å². The second-order valence-electron chi connectivity index (χ2n) is 5.35. The molecule has 2 heteroatoms. The molecule has 0 aromatic heterocycles. The molecular weight excluding hydrogens is 248 g/mol. The third kappa shape index (κ3) is 5.17. The van der Waals surface area contributed by atoms with Gasteiger partial charge in [0.15, 0.2) is 0 Å². The summed E-state index contributed by atoms with van der Waals surface area (Å²) in [6.45, 7) is 9.87. The number of benzene rings is 1. The van der Waals surface area contributed by atoms with Crippen molar-refractivity contribution in [2.24, 2.45) is 11.8 Å². The van der Waals surface area contributed by atoms with Crippen LogP contribution in [0.25, 0.3) is 0 Å². The first-order valence-corrected chi connectivity index (χ1v) is 7.34. The lowest BCUT2D eigenvalue weighted by Crippen LogP contribution is -2.09. The topological polar surface area (TPSA) is 18.5 Å². The average Bonchev–Trinajstić information content (AvgIpc) is 2.50. The van der Waals surface area contributed by atoms with Crippen LogP contribution in [0.15, 0.2) is 12.1 Å². The lowest BCUT2D eigenvalue weighted by Gasteiger charge is -2.14. The predicted molar refractivity (Wildman–Crippen MR) is 81.4 cm³/mol. The maximum atomic E-state index is 7.37. The second-order valence-corrected chi connectivity index (χ2v) is 5.35. The summed E-state index contributed by atoms with van der Waals surface area (Å²) in [5, 5.41) is 0. The van der Waals surface area contributed by atoms with E-state index in [1.807, 2.05) is 0 Å². The van der Waals surface area contributed by atoms with Crippen LogP contribution >= 0.6 is 0 Å². The van der Waals surface area contributed by atoms with Crippen LogP contribution in [0.5, 0.6) is 11.5 Å². The summed E-state index contributed by atoms with van der Waals surface area (Å²) in [7, 11) is 0. The fourth-order valence-electron chi connectivity index (χ4n) is 1.46. The van der Waals surface area contributed by atoms with Gasteiger partial charge in [-0.05, 0) is 30.2 Å². The van der Waals surface area contributed by atoms with Crippen molar-refractivity contribution < 1.29 is 9.47 Å². The van der Waals surface area contributed by atoms with E-state index in [2.05, 4.69) is 39.7 Å². The minimum atomic E-state index is 0.495. The van der Waals surface area contributed by atoms with Crippen LogP contribution in [0.1, 0.15) is 46.1 Å². The van der Waals surface area contributed by atoms with Gasteiger partial charge in [-0.1, -0.05) is 40.5 Å². The van der Waals surface area contributed by atoms with Crippen LogP contribution in [0.2, 0.25) is 0 Å². The van der Waals surface area contributed by atoms with Crippen molar-refractivity contribution in [3.05, 3.63) is 30.2 Å². The molecule has 0 N–H and O–H groups in total. The number of hydrogen-bond donors (Lipinski definition) is 0. The lowest BCUT2D eigenvalue weighted by atomic mass is 10.1. The van der Waals surface area contributed by atoms with E-state index in [1.54, 1.807) is 12.1 Å². The molecule has 0 unspecified atom stereocenters. The highest BCUT2D eigenvalue weighted by atomic mass is 16.5. The van der Waals surface area contributed by atoms with Gasteiger partial charge < -0.3 is 9.47 Å². The summed E-state index contributed by atoms with van der Waals surface area (Å²) >= 11 is 0. The van der Waals surface area contributed by atoms with Crippen LogP contribution in [0.3, 0.4) is 0 Å². The molecule has 1 aromatic rings. The highest BCUT2D eigenvalue weighted by Gasteiger charge is 2.08. The minimum absolute atomic E-state index is 0.495. The number of rotatable bonds is 8. The zero-order valence-corrected chi connectivity index (χ0v) is 13.0. The molecule has 2 radical (unpaired) electrons. The van der Waals surface area contributed by atoms with E-state index in [-0.39, 0.29) is 0 Å². The third-order valence-corrected chi connectivity index (χ3v) is 3.46. The van der Waals surface area contributed by atoms with Gasteiger partial charge in [0.25, 0.3) is 0 Å². The highest BCUT2D eigenvalue weighted by Crippen LogP contribution is 2.24. The Morgan fingerprint density at radius 2 is 1.75 bits per heavy atom. The molecule has 0 saturated carbocycles. The van der Waals surface area contributed by atoms with E-state index in [0.29, 0.717) is 42.1 Å². The lowest BCUT2D eigenvalue weighted by molar-refractivity contribution is 0.249. The number of ether oxygens (including phenoxy) is 2. The standard InChI is InChI=1S/C18H24O2/c1-6-14(4)12-19-17-9-10-18(16(8-3)11-17)20-13-15(5)7-2/h10-11,14-15H,6-7,12-13H2,1-2,4-5H3/t14-,15-/m0/s1. The summed E-state index contributed by atoms with van der Waals surface area (Å²) in [5.41, 5.74) is 0.617. The molecule has 108 valence electrons. The predicted octanol–water partition coefficient (Wildman–Crippen LogP) is 4.27. The largest absolute Gasteiger partial charge is 0.493 e. The molecule has 2 nitrogen and oxygen atoms in total. The smallest absolute Gasteiger partial charge is 0.135 e. The van der Waals surface area contributed by atoms with Gasteiger partial charge in [0.1, 0.15) is 11.5 Å². The Labute approximate surface area is 123 Å². The van der Waals surface area contributed by atoms with Crippen molar-refractivity contribution >= 4 is 0 Å². The molecule has 0 aliphatic heterocycles. The van der Waals surface area contributed by atoms with Crippen LogP contribution in [-0.2, 0) is 0 Å². The van der Waals surface area contributed by atoms with Gasteiger partial charge in [-0.3, -0.25) is 0 Å². The zero-order chi connectivity index (χ0) is 15.0. The summed E-state index contributed by atoms with van der Waals surface area (Å²) in [6.07, 6.45) is 9.52. The van der Waals surface area contributed by atoms with Crippen molar-refractivity contribution in [2.75, 3.05) is 13.2 Å². The van der Waals surface area contributed by atoms with E-state index >= 15 is 0 Å². The maximum absolute atomic E-state index is 7.37. The molecule has 0 fully saturated rings. The molecule has 0 aliphatic carbocycles. The Balaban J connectivity index is 2.68. The van der Waals surface area contributed by atoms with Gasteiger partial charge in [-0.25, -0.2) is 0 Å². The average molecular weight is 272 g/mol. The maximum Gasteiger partial charge on any atom is 0.135 e. The molecule has 0 bridgehead atoms. The molecule has 1 rings (SSSR count). The zero-order valence-electron chi connectivity index (χ0n) is 13.0. The quantitative estimate of drug-likeness (QED) is 0.658. The first-order valence-electron chi connectivity index (χ1n) is 7.34. The summed E-state index contributed by atoms with van der Waals surface area (Å²) in [4.78, 5) is 0. The molecule has 0 heterocycles. The van der Waals surface area contributed by atoms with Crippen LogP contribution in [-0.4, -0.2) is 13.2 Å². The van der Waals surface area contributed by atoms with Crippen LogP contribution in [0, 0.1) is 30.2 Å². The van der Waals surface area contributed by atoms with Crippen LogP contribution in [0.4, 0.5) is 0 Å². The number of hydrogen-bond acceptors (Lipinski definition) is 2. The van der Waals surface area contributed by atoms with Gasteiger partial charge in [-0.15, -0.1) is 0 Å². The monoisotopic (exact) mass is 272 g/mol. The normalized spacial score (nSPS) is 13.3. The van der Waals surface area contributed by atoms with Crippen molar-refractivity contribution in [1.29, 1.82) is 0 Å². The molecule has 0 aliphatic rings. The van der Waals surface area contributed by atoms with Gasteiger partial charge >= 0.3 is 0 Å². The van der Waals surface area contributed by atoms with Gasteiger partial charge in [0.05, 0.1) is 18.8 Å². The third-order valence-electron chi connectivity index (χ3n) is 3.46. The van der Waals surface area contributed by atoms with E-state index in [1.165, 1.54) is 0 Å². The van der Waals surface area contributed by atoms with E-state index in [4.69, 9.17) is 15.9 Å². The fraction of sp³-hybridized carbons (Fsp3) is 0.556. The Kier molecular flexibility index (Phi) is 7.01. The van der Waals surface area contributed by atoms with Gasteiger partial charge in [-0.2, -0.15) is 0 Å². The Morgan fingerprint density at radius 3 is 2.30 bits per heavy atom. The van der Waals surface area contributed by atoms with E-state index in [0.717, 1.165) is 12.8 Å². The molecule has 0 saturated heterocycles. The molecular formula is C18H24O2. The molecule has 0 spiro atoms. The fourth-order valence-corrected chi connectivity index (χ4v) is 1.46. The van der Waals surface area contributed by atoms with Crippen molar-refractivity contribution in [2.45, 2.75) is 40.5 Å². The second kappa shape index (κ2) is 8.53. The SMILES string of the molecule is [C]#Cc1cc(OC[C@@H](C)CC)[c]cc1OC[C@@H](C)CC. The molecule has 2 atom stereocenters. The van der Waals surface area contributed by atoms with Crippen molar-refractivity contribution in [3.63, 3.8) is 0 Å². The van der Waals surface area contributed by atoms with Gasteiger partial charge in [0, 0.05) is 12.1 Å². The van der Waals surface area contributed by atoms with E-state index < -0.39 is 0 Å². The Hall–Kier alpha value is -1.62. The summed E-state index contributed by atoms with van der Waals surface area (Å²) in [6, 6.07) is 6.57. The molecule has 20 heavy (non-hydrogen) atoms. The molecule has 1 aromatic carbocycles. The first-order chi connectivity index (χ1) is 9.60. The van der Waals surface area contributed by atoms with Crippen molar-refractivity contribution in [1.82, 2.24) is 0 Å². The van der Waals surface area contributed by atoms with Gasteiger partial charge in [0.2, 0.25) is 0 Å². The highest BCUT2D eigenvalue weighted by molar-refractivity contribution is 5.47. The summed E-state index contributed by atoms with van der Waals surface area (Å²) in [5.74, 6) is 4.71. The Morgan fingerprint density at radius 1 is 1.15 bits per heavy atom. The molecule has 0 amide bonds. The Bertz CT molecular complexity index is 445. The summed E-state index contributed by atoms with van der Waals surface area (Å²) < 4.78 is 11.4.